The zero-order valence-corrected chi connectivity index (χ0v) is 14.2. The van der Waals surface area contributed by atoms with E-state index in [1.54, 1.807) is 0 Å². The second kappa shape index (κ2) is 7.53. The molecule has 6 heteroatoms. The molecule has 4 N–H and O–H groups in total. The summed E-state index contributed by atoms with van der Waals surface area (Å²) < 4.78 is 5.79. The fourth-order valence-corrected chi connectivity index (χ4v) is 2.25. The van der Waals surface area contributed by atoms with E-state index in [9.17, 15) is 0 Å². The normalized spacial score (nSPS) is 10.5. The first-order chi connectivity index (χ1) is 12.1. The summed E-state index contributed by atoms with van der Waals surface area (Å²) in [6, 6.07) is 17.6. The van der Waals surface area contributed by atoms with E-state index in [4.69, 9.17) is 10.5 Å². The number of hydrazine groups is 1. The first-order valence-corrected chi connectivity index (χ1v) is 8.09. The van der Waals surface area contributed by atoms with Crippen molar-refractivity contribution in [3.8, 4) is 11.6 Å². The predicted molar refractivity (Wildman–Crippen MR) is 101 cm³/mol. The van der Waals surface area contributed by atoms with Crippen LogP contribution in [0.3, 0.4) is 0 Å². The number of para-hydroxylation sites is 1. The third-order valence-corrected chi connectivity index (χ3v) is 3.71. The van der Waals surface area contributed by atoms with Crippen LogP contribution in [0.25, 0.3) is 0 Å². The van der Waals surface area contributed by atoms with Gasteiger partial charge in [0.25, 0.3) is 0 Å². The van der Waals surface area contributed by atoms with Crippen LogP contribution in [0.1, 0.15) is 25.3 Å². The van der Waals surface area contributed by atoms with Crippen LogP contribution in [0.4, 0.5) is 17.2 Å². The molecule has 3 aromatic rings. The molecule has 2 aromatic carbocycles. The van der Waals surface area contributed by atoms with Gasteiger partial charge in [0.15, 0.2) is 5.82 Å². The molecule has 1 aromatic heterocycles. The largest absolute Gasteiger partial charge is 0.437 e. The molecule has 3 rings (SSSR count). The number of hydrogen-bond donors (Lipinski definition) is 3. The third kappa shape index (κ3) is 4.17. The molecule has 0 atom stereocenters. The summed E-state index contributed by atoms with van der Waals surface area (Å²) in [6.07, 6.45) is 1.41. The predicted octanol–water partition coefficient (Wildman–Crippen LogP) is 4.41. The molecule has 0 saturated heterocycles. The maximum atomic E-state index is 6.12. The van der Waals surface area contributed by atoms with Crippen LogP contribution in [0.2, 0.25) is 0 Å². The SMILES string of the molecule is CC(C)c1ccc(Oc2ncnc(NNc3ccccc3)c2N)cc1. The number of aromatic nitrogens is 2. The van der Waals surface area contributed by atoms with Gasteiger partial charge in [-0.25, -0.2) is 4.98 Å². The van der Waals surface area contributed by atoms with Crippen LogP contribution in [0.5, 0.6) is 11.6 Å². The molecule has 25 heavy (non-hydrogen) atoms. The summed E-state index contributed by atoms with van der Waals surface area (Å²) >= 11 is 0. The van der Waals surface area contributed by atoms with Crippen LogP contribution in [0, 0.1) is 0 Å². The molecule has 0 amide bonds. The molecule has 0 aliphatic rings. The molecule has 0 saturated carbocycles. The summed E-state index contributed by atoms with van der Waals surface area (Å²) in [5, 5.41) is 0. The number of rotatable bonds is 6. The van der Waals surface area contributed by atoms with Gasteiger partial charge in [-0.15, -0.1) is 0 Å². The molecule has 0 fully saturated rings. The number of hydrogen-bond acceptors (Lipinski definition) is 6. The summed E-state index contributed by atoms with van der Waals surface area (Å²) in [6.45, 7) is 4.30. The molecular formula is C19H21N5O. The summed E-state index contributed by atoms with van der Waals surface area (Å²) in [5.41, 5.74) is 14.6. The fraction of sp³-hybridized carbons (Fsp3) is 0.158. The highest BCUT2D eigenvalue weighted by Gasteiger charge is 2.10. The number of ether oxygens (including phenoxy) is 1. The number of anilines is 3. The highest BCUT2D eigenvalue weighted by molar-refractivity contribution is 5.68. The van der Waals surface area contributed by atoms with Gasteiger partial charge in [-0.1, -0.05) is 44.2 Å². The van der Waals surface area contributed by atoms with Gasteiger partial charge in [0.2, 0.25) is 5.88 Å². The minimum Gasteiger partial charge on any atom is -0.437 e. The molecule has 0 aliphatic carbocycles. The van der Waals surface area contributed by atoms with Crippen LogP contribution in [-0.4, -0.2) is 9.97 Å². The van der Waals surface area contributed by atoms with Crippen molar-refractivity contribution in [2.75, 3.05) is 16.6 Å². The zero-order valence-electron chi connectivity index (χ0n) is 14.2. The Morgan fingerprint density at radius 1 is 0.920 bits per heavy atom. The summed E-state index contributed by atoms with van der Waals surface area (Å²) in [7, 11) is 0. The molecular weight excluding hydrogens is 314 g/mol. The van der Waals surface area contributed by atoms with Crippen molar-refractivity contribution in [2.45, 2.75) is 19.8 Å². The Hall–Kier alpha value is -3.28. The average Bonchev–Trinajstić information content (AvgIpc) is 2.64. The maximum absolute atomic E-state index is 6.12. The third-order valence-electron chi connectivity index (χ3n) is 3.71. The lowest BCUT2D eigenvalue weighted by Crippen LogP contribution is -2.12. The number of nitrogens with one attached hydrogen (secondary N) is 2. The zero-order chi connectivity index (χ0) is 17.6. The fourth-order valence-electron chi connectivity index (χ4n) is 2.25. The second-order valence-corrected chi connectivity index (χ2v) is 5.88. The number of benzene rings is 2. The van der Waals surface area contributed by atoms with Crippen LogP contribution in [-0.2, 0) is 0 Å². The molecule has 0 radical (unpaired) electrons. The van der Waals surface area contributed by atoms with E-state index in [0.29, 0.717) is 29.1 Å². The summed E-state index contributed by atoms with van der Waals surface area (Å²) in [4.78, 5) is 8.26. The molecule has 128 valence electrons. The highest BCUT2D eigenvalue weighted by Crippen LogP contribution is 2.30. The Kier molecular flexibility index (Phi) is 4.99. The van der Waals surface area contributed by atoms with Gasteiger partial charge in [-0.2, -0.15) is 4.98 Å². The van der Waals surface area contributed by atoms with Gasteiger partial charge in [0.1, 0.15) is 17.8 Å². The van der Waals surface area contributed by atoms with Gasteiger partial charge in [-0.3, -0.25) is 10.9 Å². The Bertz CT molecular complexity index is 819. The Labute approximate surface area is 147 Å². The average molecular weight is 335 g/mol. The van der Waals surface area contributed by atoms with E-state index in [1.165, 1.54) is 11.9 Å². The van der Waals surface area contributed by atoms with Crippen LogP contribution in [0.15, 0.2) is 60.9 Å². The minimum absolute atomic E-state index is 0.310. The first kappa shape index (κ1) is 16.6. The lowest BCUT2D eigenvalue weighted by Gasteiger charge is -2.13. The van der Waals surface area contributed by atoms with Crippen molar-refractivity contribution in [3.63, 3.8) is 0 Å². The molecule has 0 spiro atoms. The molecule has 0 bridgehead atoms. The van der Waals surface area contributed by atoms with E-state index in [0.717, 1.165) is 5.69 Å². The lowest BCUT2D eigenvalue weighted by molar-refractivity contribution is 0.464. The van der Waals surface area contributed by atoms with Crippen molar-refractivity contribution in [3.05, 3.63) is 66.5 Å². The van der Waals surface area contributed by atoms with E-state index in [1.807, 2.05) is 54.6 Å². The monoisotopic (exact) mass is 335 g/mol. The van der Waals surface area contributed by atoms with Gasteiger partial charge in [-0.05, 0) is 35.7 Å². The van der Waals surface area contributed by atoms with E-state index in [2.05, 4.69) is 34.7 Å². The highest BCUT2D eigenvalue weighted by atomic mass is 16.5. The Morgan fingerprint density at radius 3 is 2.32 bits per heavy atom. The van der Waals surface area contributed by atoms with E-state index < -0.39 is 0 Å². The van der Waals surface area contributed by atoms with Crippen LogP contribution < -0.4 is 21.3 Å². The number of nitrogens with zero attached hydrogens (tertiary/aromatic N) is 2. The van der Waals surface area contributed by atoms with Crippen molar-refractivity contribution in [1.82, 2.24) is 9.97 Å². The maximum Gasteiger partial charge on any atom is 0.248 e. The van der Waals surface area contributed by atoms with E-state index in [-0.39, 0.29) is 0 Å². The van der Waals surface area contributed by atoms with Crippen molar-refractivity contribution >= 4 is 17.2 Å². The quantitative estimate of drug-likeness (QED) is 0.578. The molecule has 1 heterocycles. The second-order valence-electron chi connectivity index (χ2n) is 5.88. The Morgan fingerprint density at radius 2 is 1.64 bits per heavy atom. The smallest absolute Gasteiger partial charge is 0.248 e. The van der Waals surface area contributed by atoms with Crippen molar-refractivity contribution in [2.24, 2.45) is 0 Å². The summed E-state index contributed by atoms with van der Waals surface area (Å²) in [5.74, 6) is 1.91. The minimum atomic E-state index is 0.310. The van der Waals surface area contributed by atoms with Crippen LogP contribution >= 0.6 is 0 Å². The van der Waals surface area contributed by atoms with E-state index >= 15 is 0 Å². The standard InChI is InChI=1S/C19H21N5O/c1-13(2)14-8-10-16(11-9-14)25-19-17(20)18(21-12-22-19)24-23-15-6-4-3-5-7-15/h3-13,23H,20H2,1-2H3,(H,21,22,24). The van der Waals surface area contributed by atoms with Crippen molar-refractivity contribution in [1.29, 1.82) is 0 Å². The van der Waals surface area contributed by atoms with Gasteiger partial charge in [0.05, 0.1) is 5.69 Å². The number of nitrogens with two attached hydrogens (primary N) is 1. The van der Waals surface area contributed by atoms with Gasteiger partial charge < -0.3 is 10.5 Å². The molecule has 0 aliphatic heterocycles. The topological polar surface area (TPSA) is 85.1 Å². The molecule has 6 nitrogen and oxygen atoms in total. The lowest BCUT2D eigenvalue weighted by atomic mass is 10.0. The molecule has 0 unspecified atom stereocenters. The van der Waals surface area contributed by atoms with Gasteiger partial charge in [0, 0.05) is 0 Å². The van der Waals surface area contributed by atoms with Gasteiger partial charge >= 0.3 is 0 Å². The number of nitrogen functional groups attached to an aromatic ring is 1. The first-order valence-electron chi connectivity index (χ1n) is 8.09. The van der Waals surface area contributed by atoms with Crippen molar-refractivity contribution < 1.29 is 4.74 Å². The Balaban J connectivity index is 1.72.